The van der Waals surface area contributed by atoms with Crippen LogP contribution in [0.1, 0.15) is 33.3 Å². The molecule has 136 valence electrons. The van der Waals surface area contributed by atoms with E-state index in [9.17, 15) is 5.11 Å². The van der Waals surface area contributed by atoms with Gasteiger partial charge in [-0.05, 0) is 44.4 Å². The zero-order chi connectivity index (χ0) is 16.8. The number of guanidine groups is 1. The van der Waals surface area contributed by atoms with E-state index in [0.29, 0.717) is 24.5 Å². The Hall–Kier alpha value is -1.02. The Labute approximate surface area is 162 Å². The smallest absolute Gasteiger partial charge is 0.191 e. The van der Waals surface area contributed by atoms with Crippen molar-refractivity contribution in [2.45, 2.75) is 46.3 Å². The van der Waals surface area contributed by atoms with Crippen LogP contribution in [0.2, 0.25) is 0 Å². The maximum Gasteiger partial charge on any atom is 0.191 e. The van der Waals surface area contributed by atoms with Gasteiger partial charge >= 0.3 is 0 Å². The SMILES string of the molecule is CCNC(=NCc1ccc(O)cc1)NC1CN(C(C)C)CC1C.I. The molecule has 3 N–H and O–H groups in total. The van der Waals surface area contributed by atoms with Gasteiger partial charge in [0.25, 0.3) is 0 Å². The van der Waals surface area contributed by atoms with E-state index >= 15 is 0 Å². The number of nitrogens with one attached hydrogen (secondary N) is 2. The van der Waals surface area contributed by atoms with Gasteiger partial charge < -0.3 is 15.7 Å². The van der Waals surface area contributed by atoms with Gasteiger partial charge in [0, 0.05) is 31.7 Å². The molecule has 0 amide bonds. The van der Waals surface area contributed by atoms with Gasteiger partial charge in [-0.15, -0.1) is 24.0 Å². The van der Waals surface area contributed by atoms with E-state index in [1.165, 1.54) is 0 Å². The molecule has 6 heteroatoms. The van der Waals surface area contributed by atoms with Crippen molar-refractivity contribution in [2.24, 2.45) is 10.9 Å². The van der Waals surface area contributed by atoms with Crippen LogP contribution in [0, 0.1) is 5.92 Å². The third-order valence-corrected chi connectivity index (χ3v) is 4.39. The number of rotatable bonds is 5. The number of halogens is 1. The second kappa shape index (κ2) is 10.1. The van der Waals surface area contributed by atoms with E-state index in [0.717, 1.165) is 31.2 Å². The van der Waals surface area contributed by atoms with Gasteiger partial charge in [0.2, 0.25) is 0 Å². The van der Waals surface area contributed by atoms with Gasteiger partial charge in [0.05, 0.1) is 6.54 Å². The summed E-state index contributed by atoms with van der Waals surface area (Å²) < 4.78 is 0. The van der Waals surface area contributed by atoms with Crippen molar-refractivity contribution in [1.29, 1.82) is 0 Å². The molecule has 5 nitrogen and oxygen atoms in total. The average Bonchev–Trinajstić information content (AvgIpc) is 2.88. The summed E-state index contributed by atoms with van der Waals surface area (Å²) in [6.07, 6.45) is 0. The van der Waals surface area contributed by atoms with Crippen molar-refractivity contribution in [1.82, 2.24) is 15.5 Å². The van der Waals surface area contributed by atoms with Crippen molar-refractivity contribution >= 4 is 29.9 Å². The van der Waals surface area contributed by atoms with Gasteiger partial charge in [-0.3, -0.25) is 4.90 Å². The summed E-state index contributed by atoms with van der Waals surface area (Å²) in [6.45, 7) is 12.5. The van der Waals surface area contributed by atoms with Crippen molar-refractivity contribution in [3.8, 4) is 5.75 Å². The topological polar surface area (TPSA) is 59.9 Å². The summed E-state index contributed by atoms with van der Waals surface area (Å²) in [5.74, 6) is 1.76. The van der Waals surface area contributed by atoms with Crippen LogP contribution in [0.15, 0.2) is 29.3 Å². The first-order valence-electron chi connectivity index (χ1n) is 8.56. The standard InChI is InChI=1S/C18H30N4O.HI/c1-5-19-18(20-10-15-6-8-16(23)9-7-15)21-17-12-22(13(2)3)11-14(17)4;/h6-9,13-14,17,23H,5,10-12H2,1-4H3,(H2,19,20,21);1H. The number of aromatic hydroxyl groups is 1. The summed E-state index contributed by atoms with van der Waals surface area (Å²) in [5, 5.41) is 16.2. The van der Waals surface area contributed by atoms with Gasteiger partial charge in [-0.1, -0.05) is 19.1 Å². The van der Waals surface area contributed by atoms with Crippen molar-refractivity contribution in [3.05, 3.63) is 29.8 Å². The number of hydrogen-bond acceptors (Lipinski definition) is 3. The van der Waals surface area contributed by atoms with E-state index in [1.807, 2.05) is 12.1 Å². The molecule has 24 heavy (non-hydrogen) atoms. The van der Waals surface area contributed by atoms with E-state index in [1.54, 1.807) is 12.1 Å². The van der Waals surface area contributed by atoms with Gasteiger partial charge in [0.15, 0.2) is 5.96 Å². The molecule has 1 aliphatic heterocycles. The normalized spacial score (nSPS) is 21.6. The van der Waals surface area contributed by atoms with E-state index in [4.69, 9.17) is 0 Å². The highest BCUT2D eigenvalue weighted by atomic mass is 127. The molecule has 0 spiro atoms. The first kappa shape index (κ1) is 21.0. The first-order chi connectivity index (χ1) is 11.0. The third kappa shape index (κ3) is 6.12. The molecule has 0 aliphatic carbocycles. The Morgan fingerprint density at radius 1 is 1.29 bits per heavy atom. The van der Waals surface area contributed by atoms with Crippen LogP contribution in [-0.4, -0.2) is 47.7 Å². The Bertz CT molecular complexity index is 518. The second-order valence-electron chi connectivity index (χ2n) is 6.64. The fourth-order valence-electron chi connectivity index (χ4n) is 2.88. The monoisotopic (exact) mass is 446 g/mol. The number of aliphatic imine (C=N–C) groups is 1. The molecule has 2 atom stereocenters. The van der Waals surface area contributed by atoms with Crippen LogP contribution in [0.5, 0.6) is 5.75 Å². The minimum Gasteiger partial charge on any atom is -0.508 e. The summed E-state index contributed by atoms with van der Waals surface area (Å²) in [4.78, 5) is 7.18. The largest absolute Gasteiger partial charge is 0.508 e. The van der Waals surface area contributed by atoms with Crippen LogP contribution in [0.3, 0.4) is 0 Å². The third-order valence-electron chi connectivity index (χ3n) is 4.39. The number of benzene rings is 1. The lowest BCUT2D eigenvalue weighted by Crippen LogP contribution is -2.46. The minimum atomic E-state index is 0. The van der Waals surface area contributed by atoms with Crippen LogP contribution in [-0.2, 0) is 6.54 Å². The molecule has 1 aromatic carbocycles. The Balaban J connectivity index is 0.00000288. The number of nitrogens with zero attached hydrogens (tertiary/aromatic N) is 2. The Kier molecular flexibility index (Phi) is 8.83. The highest BCUT2D eigenvalue weighted by Gasteiger charge is 2.31. The zero-order valence-electron chi connectivity index (χ0n) is 15.1. The molecular weight excluding hydrogens is 415 g/mol. The fraction of sp³-hybridized carbons (Fsp3) is 0.611. The van der Waals surface area contributed by atoms with Gasteiger partial charge in [0.1, 0.15) is 5.75 Å². The van der Waals surface area contributed by atoms with Crippen LogP contribution < -0.4 is 10.6 Å². The molecule has 1 fully saturated rings. The number of hydrogen-bond donors (Lipinski definition) is 3. The lowest BCUT2D eigenvalue weighted by atomic mass is 10.1. The van der Waals surface area contributed by atoms with Crippen LogP contribution >= 0.6 is 24.0 Å². The van der Waals surface area contributed by atoms with Gasteiger partial charge in [-0.2, -0.15) is 0 Å². The molecular formula is C18H31IN4O. The molecule has 2 rings (SSSR count). The molecule has 0 aromatic heterocycles. The lowest BCUT2D eigenvalue weighted by molar-refractivity contribution is 0.265. The van der Waals surface area contributed by atoms with Gasteiger partial charge in [-0.25, -0.2) is 4.99 Å². The quantitative estimate of drug-likeness (QED) is 0.370. The van der Waals surface area contributed by atoms with E-state index < -0.39 is 0 Å². The van der Waals surface area contributed by atoms with Crippen molar-refractivity contribution < 1.29 is 5.11 Å². The molecule has 1 aromatic rings. The highest BCUT2D eigenvalue weighted by Crippen LogP contribution is 2.18. The second-order valence-corrected chi connectivity index (χ2v) is 6.64. The molecule has 2 unspecified atom stereocenters. The maximum absolute atomic E-state index is 9.34. The Morgan fingerprint density at radius 3 is 2.50 bits per heavy atom. The predicted octanol–water partition coefficient (Wildman–Crippen LogP) is 2.79. The lowest BCUT2D eigenvalue weighted by Gasteiger charge is -2.22. The summed E-state index contributed by atoms with van der Waals surface area (Å²) in [7, 11) is 0. The summed E-state index contributed by atoms with van der Waals surface area (Å²) >= 11 is 0. The molecule has 1 heterocycles. The van der Waals surface area contributed by atoms with E-state index in [-0.39, 0.29) is 29.7 Å². The van der Waals surface area contributed by atoms with E-state index in [2.05, 4.69) is 48.2 Å². The van der Waals surface area contributed by atoms with Crippen LogP contribution in [0.25, 0.3) is 0 Å². The van der Waals surface area contributed by atoms with Crippen molar-refractivity contribution in [3.63, 3.8) is 0 Å². The Morgan fingerprint density at radius 2 is 1.96 bits per heavy atom. The van der Waals surface area contributed by atoms with Crippen LogP contribution in [0.4, 0.5) is 0 Å². The number of phenols is 1. The number of phenolic OH excluding ortho intramolecular Hbond substituents is 1. The highest BCUT2D eigenvalue weighted by molar-refractivity contribution is 14.0. The zero-order valence-corrected chi connectivity index (χ0v) is 17.5. The maximum atomic E-state index is 9.34. The first-order valence-corrected chi connectivity index (χ1v) is 8.56. The fourth-order valence-corrected chi connectivity index (χ4v) is 2.88. The minimum absolute atomic E-state index is 0. The molecule has 0 radical (unpaired) electrons. The molecule has 1 saturated heterocycles. The molecule has 0 saturated carbocycles. The predicted molar refractivity (Wildman–Crippen MR) is 111 cm³/mol. The van der Waals surface area contributed by atoms with Crippen molar-refractivity contribution in [2.75, 3.05) is 19.6 Å². The average molecular weight is 446 g/mol. The summed E-state index contributed by atoms with van der Waals surface area (Å²) in [6, 6.07) is 8.22. The molecule has 0 bridgehead atoms. The summed E-state index contributed by atoms with van der Waals surface area (Å²) in [5.41, 5.74) is 1.09. The molecule has 1 aliphatic rings. The number of likely N-dealkylation sites (tertiary alicyclic amines) is 1.